The highest BCUT2D eigenvalue weighted by Crippen LogP contribution is 2.25. The summed E-state index contributed by atoms with van der Waals surface area (Å²) in [6.45, 7) is 0. The first-order valence-corrected chi connectivity index (χ1v) is 4.12. The Morgan fingerprint density at radius 3 is 2.50 bits per heavy atom. The van der Waals surface area contributed by atoms with Gasteiger partial charge in [-0.2, -0.15) is 12.6 Å². The summed E-state index contributed by atoms with van der Waals surface area (Å²) in [6.07, 6.45) is 1.63. The highest BCUT2D eigenvalue weighted by molar-refractivity contribution is 7.79. The molecule has 0 saturated carbocycles. The van der Waals surface area contributed by atoms with E-state index >= 15 is 0 Å². The Hall–Kier alpha value is -0.900. The molecule has 1 aromatic heterocycles. The molecule has 66 valence electrons. The van der Waals surface area contributed by atoms with E-state index in [4.69, 9.17) is 9.47 Å². The monoisotopic (exact) mass is 185 g/mol. The van der Waals surface area contributed by atoms with Crippen molar-refractivity contribution in [2.75, 3.05) is 14.2 Å². The van der Waals surface area contributed by atoms with Gasteiger partial charge in [0.15, 0.2) is 11.5 Å². The van der Waals surface area contributed by atoms with Gasteiger partial charge in [-0.15, -0.1) is 0 Å². The minimum absolute atomic E-state index is 0.598. The summed E-state index contributed by atoms with van der Waals surface area (Å²) in [5.74, 6) is 1.93. The van der Waals surface area contributed by atoms with Crippen LogP contribution in [0.3, 0.4) is 0 Å². The lowest BCUT2D eigenvalue weighted by Crippen LogP contribution is -1.93. The van der Waals surface area contributed by atoms with Crippen molar-refractivity contribution < 1.29 is 9.47 Å². The van der Waals surface area contributed by atoms with E-state index < -0.39 is 0 Å². The molecule has 0 amide bonds. The minimum Gasteiger partial charge on any atom is -0.493 e. The smallest absolute Gasteiger partial charge is 0.179 e. The van der Waals surface area contributed by atoms with E-state index in [1.165, 1.54) is 0 Å². The first-order chi connectivity index (χ1) is 5.81. The Labute approximate surface area is 77.1 Å². The Morgan fingerprint density at radius 2 is 2.00 bits per heavy atom. The van der Waals surface area contributed by atoms with Crippen LogP contribution in [0.15, 0.2) is 12.3 Å². The zero-order valence-electron chi connectivity index (χ0n) is 7.07. The fourth-order valence-electron chi connectivity index (χ4n) is 0.864. The van der Waals surface area contributed by atoms with Gasteiger partial charge in [0, 0.05) is 11.8 Å². The number of rotatable bonds is 3. The van der Waals surface area contributed by atoms with Crippen LogP contribution in [0.1, 0.15) is 5.69 Å². The van der Waals surface area contributed by atoms with Gasteiger partial charge in [0.25, 0.3) is 0 Å². The number of nitrogens with zero attached hydrogens (tertiary/aromatic N) is 1. The second kappa shape index (κ2) is 4.21. The van der Waals surface area contributed by atoms with E-state index in [0.717, 1.165) is 5.69 Å². The fourth-order valence-corrected chi connectivity index (χ4v) is 1.04. The molecule has 0 aromatic carbocycles. The molecule has 0 N–H and O–H groups in total. The lowest BCUT2D eigenvalue weighted by atomic mass is 10.3. The van der Waals surface area contributed by atoms with E-state index in [1.54, 1.807) is 20.4 Å². The van der Waals surface area contributed by atoms with Gasteiger partial charge in [-0.05, 0) is 0 Å². The summed E-state index contributed by atoms with van der Waals surface area (Å²) in [4.78, 5) is 4.10. The van der Waals surface area contributed by atoms with Crippen LogP contribution in [-0.4, -0.2) is 19.2 Å². The number of hydrogen-bond donors (Lipinski definition) is 1. The molecule has 1 heterocycles. The molecule has 0 saturated heterocycles. The number of pyridine rings is 1. The summed E-state index contributed by atoms with van der Waals surface area (Å²) in [6, 6.07) is 1.81. The average molecular weight is 185 g/mol. The first kappa shape index (κ1) is 9.19. The third kappa shape index (κ3) is 1.82. The molecule has 4 heteroatoms. The Kier molecular flexibility index (Phi) is 3.22. The third-order valence-corrected chi connectivity index (χ3v) is 1.81. The van der Waals surface area contributed by atoms with Crippen LogP contribution in [0.4, 0.5) is 0 Å². The fraction of sp³-hybridized carbons (Fsp3) is 0.375. The molecule has 0 bridgehead atoms. The van der Waals surface area contributed by atoms with Crippen molar-refractivity contribution in [3.05, 3.63) is 18.0 Å². The van der Waals surface area contributed by atoms with Crippen molar-refractivity contribution >= 4 is 12.6 Å². The molecule has 0 spiro atoms. The number of aromatic nitrogens is 1. The van der Waals surface area contributed by atoms with Crippen molar-refractivity contribution in [3.63, 3.8) is 0 Å². The Morgan fingerprint density at radius 1 is 1.33 bits per heavy atom. The zero-order chi connectivity index (χ0) is 8.97. The normalized spacial score (nSPS) is 9.58. The minimum atomic E-state index is 0.598. The molecule has 3 nitrogen and oxygen atoms in total. The van der Waals surface area contributed by atoms with Crippen molar-refractivity contribution in [1.82, 2.24) is 4.98 Å². The van der Waals surface area contributed by atoms with E-state index in [1.807, 2.05) is 6.07 Å². The summed E-state index contributed by atoms with van der Waals surface area (Å²) < 4.78 is 10.1. The standard InChI is InChI=1S/C8H11NO2S/c1-10-7-3-6(5-12)9-4-8(7)11-2/h3-4,12H,5H2,1-2H3. The number of thiol groups is 1. The molecule has 1 aromatic rings. The summed E-state index contributed by atoms with van der Waals surface area (Å²) in [5, 5.41) is 0. The Balaban J connectivity index is 3.02. The van der Waals surface area contributed by atoms with Crippen LogP contribution in [0, 0.1) is 0 Å². The topological polar surface area (TPSA) is 31.4 Å². The molecule has 12 heavy (non-hydrogen) atoms. The maximum absolute atomic E-state index is 5.08. The van der Waals surface area contributed by atoms with Crippen LogP contribution < -0.4 is 9.47 Å². The number of hydrogen-bond acceptors (Lipinski definition) is 4. The van der Waals surface area contributed by atoms with Gasteiger partial charge in [0.05, 0.1) is 26.1 Å². The van der Waals surface area contributed by atoms with E-state index in [0.29, 0.717) is 17.3 Å². The summed E-state index contributed by atoms with van der Waals surface area (Å²) in [5.41, 5.74) is 0.871. The quantitative estimate of drug-likeness (QED) is 0.724. The van der Waals surface area contributed by atoms with Crippen LogP contribution in [0.2, 0.25) is 0 Å². The highest BCUT2D eigenvalue weighted by Gasteiger charge is 2.03. The van der Waals surface area contributed by atoms with Crippen molar-refractivity contribution in [2.24, 2.45) is 0 Å². The van der Waals surface area contributed by atoms with E-state index in [-0.39, 0.29) is 0 Å². The van der Waals surface area contributed by atoms with Gasteiger partial charge >= 0.3 is 0 Å². The molecule has 0 aliphatic carbocycles. The van der Waals surface area contributed by atoms with Crippen LogP contribution in [-0.2, 0) is 5.75 Å². The van der Waals surface area contributed by atoms with Crippen LogP contribution in [0.25, 0.3) is 0 Å². The van der Waals surface area contributed by atoms with Crippen molar-refractivity contribution in [1.29, 1.82) is 0 Å². The van der Waals surface area contributed by atoms with Gasteiger partial charge < -0.3 is 9.47 Å². The van der Waals surface area contributed by atoms with Crippen molar-refractivity contribution in [3.8, 4) is 11.5 Å². The molecule has 0 atom stereocenters. The second-order valence-corrected chi connectivity index (χ2v) is 2.50. The zero-order valence-corrected chi connectivity index (χ0v) is 7.97. The average Bonchev–Trinajstić information content (AvgIpc) is 2.16. The molecule has 0 fully saturated rings. The second-order valence-electron chi connectivity index (χ2n) is 2.19. The maximum Gasteiger partial charge on any atom is 0.179 e. The lowest BCUT2D eigenvalue weighted by molar-refractivity contribution is 0.353. The molecular formula is C8H11NO2S. The number of ether oxygens (including phenoxy) is 2. The van der Waals surface area contributed by atoms with Gasteiger partial charge in [-0.25, -0.2) is 0 Å². The van der Waals surface area contributed by atoms with Gasteiger partial charge in [0.2, 0.25) is 0 Å². The van der Waals surface area contributed by atoms with Gasteiger partial charge in [-0.3, -0.25) is 4.98 Å². The predicted octanol–water partition coefficient (Wildman–Crippen LogP) is 1.53. The highest BCUT2D eigenvalue weighted by atomic mass is 32.1. The molecule has 0 aliphatic rings. The van der Waals surface area contributed by atoms with E-state index in [9.17, 15) is 0 Å². The largest absolute Gasteiger partial charge is 0.493 e. The van der Waals surface area contributed by atoms with Crippen LogP contribution in [0.5, 0.6) is 11.5 Å². The van der Waals surface area contributed by atoms with Gasteiger partial charge in [0.1, 0.15) is 0 Å². The lowest BCUT2D eigenvalue weighted by Gasteiger charge is -2.06. The van der Waals surface area contributed by atoms with Crippen LogP contribution >= 0.6 is 12.6 Å². The molecule has 0 radical (unpaired) electrons. The Bertz CT molecular complexity index is 265. The van der Waals surface area contributed by atoms with Gasteiger partial charge in [-0.1, -0.05) is 0 Å². The van der Waals surface area contributed by atoms with E-state index in [2.05, 4.69) is 17.6 Å². The third-order valence-electron chi connectivity index (χ3n) is 1.49. The summed E-state index contributed by atoms with van der Waals surface area (Å²) >= 11 is 4.10. The molecule has 0 aliphatic heterocycles. The summed E-state index contributed by atoms with van der Waals surface area (Å²) in [7, 11) is 3.18. The SMILES string of the molecule is COc1cnc(CS)cc1OC. The maximum atomic E-state index is 5.08. The van der Waals surface area contributed by atoms with Crippen molar-refractivity contribution in [2.45, 2.75) is 5.75 Å². The number of methoxy groups -OCH3 is 2. The molecule has 0 unspecified atom stereocenters. The first-order valence-electron chi connectivity index (χ1n) is 3.49. The predicted molar refractivity (Wildman–Crippen MR) is 50.0 cm³/mol. The molecule has 1 rings (SSSR count). The molecular weight excluding hydrogens is 174 g/mol.